The number of ether oxygens (including phenoxy) is 1. The van der Waals surface area contributed by atoms with Gasteiger partial charge in [-0.2, -0.15) is 5.26 Å². The molecule has 0 radical (unpaired) electrons. The van der Waals surface area contributed by atoms with E-state index in [1.54, 1.807) is 19.2 Å². The normalized spacial score (nSPS) is 17.0. The molecule has 0 spiro atoms. The van der Waals surface area contributed by atoms with E-state index in [1.807, 2.05) is 12.1 Å². The Hall–Kier alpha value is -2.55. The zero-order chi connectivity index (χ0) is 18.3. The van der Waals surface area contributed by atoms with E-state index in [1.165, 1.54) is 6.92 Å². The molecule has 1 aromatic carbocycles. The number of nitrogens with zero attached hydrogens (tertiary/aromatic N) is 1. The van der Waals surface area contributed by atoms with Crippen LogP contribution < -0.4 is 15.4 Å². The molecule has 134 valence electrons. The summed E-state index contributed by atoms with van der Waals surface area (Å²) < 4.78 is 5.14. The quantitative estimate of drug-likeness (QED) is 0.830. The summed E-state index contributed by atoms with van der Waals surface area (Å²) in [6.07, 6.45) is 4.45. The van der Waals surface area contributed by atoms with Crippen LogP contribution in [0.2, 0.25) is 0 Å². The molecule has 6 nitrogen and oxygen atoms in total. The molecule has 0 heterocycles. The van der Waals surface area contributed by atoms with Crippen LogP contribution in [0.5, 0.6) is 5.75 Å². The minimum absolute atomic E-state index is 0.0926. The van der Waals surface area contributed by atoms with Crippen LogP contribution in [0, 0.1) is 11.3 Å². The number of nitrogens with one attached hydrogen (secondary N) is 2. The fourth-order valence-corrected chi connectivity index (χ4v) is 3.26. The Morgan fingerprint density at radius 1 is 1.24 bits per heavy atom. The van der Waals surface area contributed by atoms with Crippen LogP contribution in [0.1, 0.15) is 57.1 Å². The summed E-state index contributed by atoms with van der Waals surface area (Å²) in [5.41, 5.74) is 0.0523. The number of benzene rings is 1. The van der Waals surface area contributed by atoms with Gasteiger partial charge in [0.15, 0.2) is 0 Å². The number of carbonyl (C=O) groups is 2. The van der Waals surface area contributed by atoms with E-state index in [0.29, 0.717) is 18.6 Å². The molecule has 2 amide bonds. The summed E-state index contributed by atoms with van der Waals surface area (Å²) in [4.78, 5) is 24.0. The third-order valence-electron chi connectivity index (χ3n) is 4.59. The highest BCUT2D eigenvalue weighted by Crippen LogP contribution is 2.28. The number of methoxy groups -OCH3 is 1. The van der Waals surface area contributed by atoms with Gasteiger partial charge < -0.3 is 15.4 Å². The molecule has 1 aromatic rings. The molecule has 1 aliphatic rings. The Bertz CT molecular complexity index is 643. The second-order valence-corrected chi connectivity index (χ2v) is 6.53. The monoisotopic (exact) mass is 343 g/mol. The van der Waals surface area contributed by atoms with Crippen molar-refractivity contribution in [3.63, 3.8) is 0 Å². The molecule has 2 N–H and O–H groups in total. The second kappa shape index (κ2) is 8.52. The standard InChI is InChI=1S/C19H25N3O3/c1-14(23)21-17(15-6-8-16(25-2)9-7-15)12-18(24)22-19(13-20)10-4-3-5-11-19/h6-9,17H,3-5,10-12H2,1-2H3,(H,21,23)(H,22,24). The predicted octanol–water partition coefficient (Wildman–Crippen LogP) is 2.61. The van der Waals surface area contributed by atoms with Crippen LogP contribution in [0.15, 0.2) is 24.3 Å². The maximum Gasteiger partial charge on any atom is 0.223 e. The van der Waals surface area contributed by atoms with E-state index >= 15 is 0 Å². The van der Waals surface area contributed by atoms with Crippen molar-refractivity contribution in [1.82, 2.24) is 10.6 Å². The molecule has 25 heavy (non-hydrogen) atoms. The largest absolute Gasteiger partial charge is 0.497 e. The van der Waals surface area contributed by atoms with Gasteiger partial charge in [-0.3, -0.25) is 9.59 Å². The zero-order valence-electron chi connectivity index (χ0n) is 14.8. The Kier molecular flexibility index (Phi) is 6.40. The van der Waals surface area contributed by atoms with Crippen molar-refractivity contribution in [2.75, 3.05) is 7.11 Å². The van der Waals surface area contributed by atoms with Gasteiger partial charge in [-0.25, -0.2) is 0 Å². The van der Waals surface area contributed by atoms with Crippen molar-refractivity contribution in [3.05, 3.63) is 29.8 Å². The first-order chi connectivity index (χ1) is 12.0. The molecule has 0 aromatic heterocycles. The second-order valence-electron chi connectivity index (χ2n) is 6.53. The molecule has 6 heteroatoms. The lowest BCUT2D eigenvalue weighted by Crippen LogP contribution is -2.49. The van der Waals surface area contributed by atoms with Crippen LogP contribution >= 0.6 is 0 Å². The van der Waals surface area contributed by atoms with Crippen molar-refractivity contribution in [2.45, 2.75) is 57.0 Å². The number of hydrogen-bond donors (Lipinski definition) is 2. The van der Waals surface area contributed by atoms with Crippen molar-refractivity contribution in [3.8, 4) is 11.8 Å². The van der Waals surface area contributed by atoms with Crippen LogP contribution in [0.25, 0.3) is 0 Å². The number of rotatable bonds is 6. The van der Waals surface area contributed by atoms with Crippen LogP contribution in [0.3, 0.4) is 0 Å². The highest BCUT2D eigenvalue weighted by Gasteiger charge is 2.34. The number of amides is 2. The summed E-state index contributed by atoms with van der Waals surface area (Å²) in [5.74, 6) is 0.278. The third-order valence-corrected chi connectivity index (χ3v) is 4.59. The highest BCUT2D eigenvalue weighted by molar-refractivity contribution is 5.80. The first kappa shape index (κ1) is 18.8. The molecular weight excluding hydrogens is 318 g/mol. The molecule has 1 unspecified atom stereocenters. The van der Waals surface area contributed by atoms with E-state index in [0.717, 1.165) is 24.8 Å². The molecule has 0 aliphatic heterocycles. The lowest BCUT2D eigenvalue weighted by molar-refractivity contribution is -0.124. The van der Waals surface area contributed by atoms with Gasteiger partial charge in [-0.05, 0) is 30.5 Å². The minimum Gasteiger partial charge on any atom is -0.497 e. The number of nitriles is 1. The third kappa shape index (κ3) is 5.21. The van der Waals surface area contributed by atoms with E-state index in [-0.39, 0.29) is 18.2 Å². The maximum atomic E-state index is 12.5. The average Bonchev–Trinajstić information content (AvgIpc) is 2.61. The molecule has 1 fully saturated rings. The molecule has 1 aliphatic carbocycles. The van der Waals surface area contributed by atoms with E-state index in [9.17, 15) is 14.9 Å². The van der Waals surface area contributed by atoms with Gasteiger partial charge in [0.05, 0.1) is 25.6 Å². The van der Waals surface area contributed by atoms with Crippen molar-refractivity contribution >= 4 is 11.8 Å². The molecule has 1 atom stereocenters. The average molecular weight is 343 g/mol. The van der Waals surface area contributed by atoms with Gasteiger partial charge in [0, 0.05) is 6.92 Å². The maximum absolute atomic E-state index is 12.5. The molecule has 0 bridgehead atoms. The lowest BCUT2D eigenvalue weighted by Gasteiger charge is -2.32. The number of hydrogen-bond acceptors (Lipinski definition) is 4. The zero-order valence-corrected chi connectivity index (χ0v) is 14.8. The Labute approximate surface area is 148 Å². The fourth-order valence-electron chi connectivity index (χ4n) is 3.26. The summed E-state index contributed by atoms with van der Waals surface area (Å²) in [7, 11) is 1.58. The van der Waals surface area contributed by atoms with Crippen LogP contribution in [0.4, 0.5) is 0 Å². The molecule has 0 saturated heterocycles. The topological polar surface area (TPSA) is 91.2 Å². The van der Waals surface area contributed by atoms with Gasteiger partial charge in [-0.15, -0.1) is 0 Å². The first-order valence-electron chi connectivity index (χ1n) is 8.61. The van der Waals surface area contributed by atoms with Gasteiger partial charge >= 0.3 is 0 Å². The minimum atomic E-state index is -0.768. The van der Waals surface area contributed by atoms with E-state index in [4.69, 9.17) is 4.74 Å². The number of carbonyl (C=O) groups excluding carboxylic acids is 2. The Morgan fingerprint density at radius 2 is 1.88 bits per heavy atom. The summed E-state index contributed by atoms with van der Waals surface area (Å²) in [6, 6.07) is 9.08. The molecule has 1 saturated carbocycles. The fraction of sp³-hybridized carbons (Fsp3) is 0.526. The summed E-state index contributed by atoms with van der Waals surface area (Å²) in [6.45, 7) is 1.42. The highest BCUT2D eigenvalue weighted by atomic mass is 16.5. The first-order valence-corrected chi connectivity index (χ1v) is 8.61. The predicted molar refractivity (Wildman–Crippen MR) is 93.7 cm³/mol. The summed E-state index contributed by atoms with van der Waals surface area (Å²) >= 11 is 0. The van der Waals surface area contributed by atoms with E-state index in [2.05, 4.69) is 16.7 Å². The Balaban J connectivity index is 2.08. The summed E-state index contributed by atoms with van der Waals surface area (Å²) in [5, 5.41) is 15.2. The van der Waals surface area contributed by atoms with Gasteiger partial charge in [0.1, 0.15) is 11.3 Å². The SMILES string of the molecule is COc1ccc(C(CC(=O)NC2(C#N)CCCCC2)NC(C)=O)cc1. The van der Waals surface area contributed by atoms with Gasteiger partial charge in [0.25, 0.3) is 0 Å². The van der Waals surface area contributed by atoms with Gasteiger partial charge in [-0.1, -0.05) is 31.4 Å². The smallest absolute Gasteiger partial charge is 0.223 e. The van der Waals surface area contributed by atoms with E-state index < -0.39 is 11.6 Å². The van der Waals surface area contributed by atoms with Crippen molar-refractivity contribution < 1.29 is 14.3 Å². The van der Waals surface area contributed by atoms with Crippen LogP contribution in [-0.4, -0.2) is 24.5 Å². The van der Waals surface area contributed by atoms with Gasteiger partial charge in [0.2, 0.25) is 11.8 Å². The van der Waals surface area contributed by atoms with Crippen molar-refractivity contribution in [1.29, 1.82) is 5.26 Å². The van der Waals surface area contributed by atoms with Crippen molar-refractivity contribution in [2.24, 2.45) is 0 Å². The molecule has 2 rings (SSSR count). The van der Waals surface area contributed by atoms with Crippen LogP contribution in [-0.2, 0) is 9.59 Å². The Morgan fingerprint density at radius 3 is 2.40 bits per heavy atom. The lowest BCUT2D eigenvalue weighted by atomic mass is 9.82. The molecular formula is C19H25N3O3.